The molecule has 0 N–H and O–H groups in total. The van der Waals surface area contributed by atoms with E-state index in [1.54, 1.807) is 34.7 Å². The summed E-state index contributed by atoms with van der Waals surface area (Å²) in [6, 6.07) is 11.4. The number of pyridine rings is 1. The predicted octanol–water partition coefficient (Wildman–Crippen LogP) is 2.93. The van der Waals surface area contributed by atoms with Gasteiger partial charge in [-0.1, -0.05) is 18.2 Å². The SMILES string of the molecule is COc1ccc(CN2C[C@H](OCc3cccnc3)CN(C(=O)c3csc(C)n3)CC2=O)cc1. The number of benzene rings is 1. The Labute approximate surface area is 196 Å². The third-order valence-electron chi connectivity index (χ3n) is 5.39. The Balaban J connectivity index is 1.52. The molecule has 0 radical (unpaired) electrons. The molecule has 8 nitrogen and oxygen atoms in total. The van der Waals surface area contributed by atoms with Crippen molar-refractivity contribution in [1.29, 1.82) is 0 Å². The van der Waals surface area contributed by atoms with E-state index < -0.39 is 0 Å². The lowest BCUT2D eigenvalue weighted by molar-refractivity contribution is -0.132. The zero-order chi connectivity index (χ0) is 23.2. The fraction of sp³-hybridized carbons (Fsp3) is 0.333. The molecular weight excluding hydrogens is 440 g/mol. The number of carbonyl (C=O) groups is 2. The Hall–Kier alpha value is -3.30. The number of rotatable bonds is 7. The first kappa shape index (κ1) is 22.9. The summed E-state index contributed by atoms with van der Waals surface area (Å²) in [5.74, 6) is 0.376. The van der Waals surface area contributed by atoms with Crippen LogP contribution in [0.25, 0.3) is 0 Å². The number of ether oxygens (including phenoxy) is 2. The molecule has 0 bridgehead atoms. The number of hydrogen-bond acceptors (Lipinski definition) is 7. The van der Waals surface area contributed by atoms with E-state index in [0.29, 0.717) is 31.9 Å². The van der Waals surface area contributed by atoms with Crippen molar-refractivity contribution in [3.05, 3.63) is 76.0 Å². The first-order valence-electron chi connectivity index (χ1n) is 10.6. The van der Waals surface area contributed by atoms with Crippen molar-refractivity contribution in [2.24, 2.45) is 0 Å². The smallest absolute Gasteiger partial charge is 0.273 e. The molecular formula is C24H26N4O4S. The van der Waals surface area contributed by atoms with Crippen LogP contribution in [-0.4, -0.2) is 64.4 Å². The van der Waals surface area contributed by atoms with Crippen LogP contribution >= 0.6 is 11.3 Å². The first-order chi connectivity index (χ1) is 16.0. The fourth-order valence-electron chi connectivity index (χ4n) is 3.66. The average Bonchev–Trinajstić information content (AvgIpc) is 3.21. The van der Waals surface area contributed by atoms with Crippen LogP contribution in [0.5, 0.6) is 5.75 Å². The highest BCUT2D eigenvalue weighted by molar-refractivity contribution is 7.09. The average molecular weight is 467 g/mol. The van der Waals surface area contributed by atoms with Crippen molar-refractivity contribution in [2.75, 3.05) is 26.7 Å². The van der Waals surface area contributed by atoms with Crippen LogP contribution in [0.1, 0.15) is 26.6 Å². The Kier molecular flexibility index (Phi) is 7.31. The van der Waals surface area contributed by atoms with Gasteiger partial charge in [0.25, 0.3) is 5.91 Å². The molecule has 3 aromatic rings. The standard InChI is InChI=1S/C24H26N4O4S/c1-17-26-22(16-33-17)24(30)28-13-21(32-15-19-4-3-9-25-10-19)12-27(23(29)14-28)11-18-5-7-20(31-2)8-6-18/h3-10,16,21H,11-15H2,1-2H3/t21-/m0/s1. The lowest BCUT2D eigenvalue weighted by Gasteiger charge is -2.25. The van der Waals surface area contributed by atoms with Gasteiger partial charge < -0.3 is 19.3 Å². The number of hydrogen-bond donors (Lipinski definition) is 0. The lowest BCUT2D eigenvalue weighted by atomic mass is 10.2. The van der Waals surface area contributed by atoms with Gasteiger partial charge in [0.05, 0.1) is 24.8 Å². The zero-order valence-corrected chi connectivity index (χ0v) is 19.5. The number of thiazole rings is 1. The number of aromatic nitrogens is 2. The van der Waals surface area contributed by atoms with Crippen LogP contribution in [0.2, 0.25) is 0 Å². The van der Waals surface area contributed by atoms with Gasteiger partial charge in [-0.15, -0.1) is 11.3 Å². The maximum atomic E-state index is 13.1. The van der Waals surface area contributed by atoms with E-state index >= 15 is 0 Å². The maximum Gasteiger partial charge on any atom is 0.273 e. The number of nitrogens with zero attached hydrogens (tertiary/aromatic N) is 4. The second kappa shape index (κ2) is 10.5. The molecule has 0 saturated carbocycles. The van der Waals surface area contributed by atoms with E-state index in [4.69, 9.17) is 9.47 Å². The highest BCUT2D eigenvalue weighted by atomic mass is 32.1. The Morgan fingerprint density at radius 3 is 2.67 bits per heavy atom. The molecule has 1 fully saturated rings. The molecule has 2 amide bonds. The summed E-state index contributed by atoms with van der Waals surface area (Å²) in [6.45, 7) is 3.30. The summed E-state index contributed by atoms with van der Waals surface area (Å²) in [5, 5.41) is 2.54. The van der Waals surface area contributed by atoms with Crippen LogP contribution in [0.4, 0.5) is 0 Å². The predicted molar refractivity (Wildman–Crippen MR) is 124 cm³/mol. The second-order valence-corrected chi connectivity index (χ2v) is 8.92. The van der Waals surface area contributed by atoms with Crippen LogP contribution in [0.3, 0.4) is 0 Å². The van der Waals surface area contributed by atoms with Crippen molar-refractivity contribution in [3.63, 3.8) is 0 Å². The minimum atomic E-state index is -0.349. The Morgan fingerprint density at radius 2 is 2.00 bits per heavy atom. The lowest BCUT2D eigenvalue weighted by Crippen LogP contribution is -2.39. The molecule has 33 heavy (non-hydrogen) atoms. The third-order valence-corrected chi connectivity index (χ3v) is 6.17. The Morgan fingerprint density at radius 1 is 1.18 bits per heavy atom. The van der Waals surface area contributed by atoms with Gasteiger partial charge in [0.15, 0.2) is 0 Å². The van der Waals surface area contributed by atoms with Gasteiger partial charge in [-0.2, -0.15) is 0 Å². The summed E-state index contributed by atoms with van der Waals surface area (Å²) in [7, 11) is 1.62. The molecule has 1 aromatic carbocycles. The third kappa shape index (κ3) is 5.94. The summed E-state index contributed by atoms with van der Waals surface area (Å²) >= 11 is 1.41. The van der Waals surface area contributed by atoms with E-state index in [1.165, 1.54) is 11.3 Å². The summed E-state index contributed by atoms with van der Waals surface area (Å²) in [4.78, 5) is 37.9. The molecule has 0 aliphatic carbocycles. The van der Waals surface area contributed by atoms with Crippen LogP contribution in [0.15, 0.2) is 54.2 Å². The maximum absolute atomic E-state index is 13.1. The van der Waals surface area contributed by atoms with Gasteiger partial charge >= 0.3 is 0 Å². The van der Waals surface area contributed by atoms with Gasteiger partial charge in [0.1, 0.15) is 18.0 Å². The van der Waals surface area contributed by atoms with Gasteiger partial charge in [-0.05, 0) is 36.2 Å². The fourth-order valence-corrected chi connectivity index (χ4v) is 4.25. The summed E-state index contributed by atoms with van der Waals surface area (Å²) in [6.07, 6.45) is 3.11. The van der Waals surface area contributed by atoms with Crippen molar-refractivity contribution >= 4 is 23.2 Å². The van der Waals surface area contributed by atoms with E-state index in [2.05, 4.69) is 9.97 Å². The molecule has 0 unspecified atom stereocenters. The molecule has 1 saturated heterocycles. The minimum Gasteiger partial charge on any atom is -0.497 e. The molecule has 4 rings (SSSR count). The number of methoxy groups -OCH3 is 1. The highest BCUT2D eigenvalue weighted by Crippen LogP contribution is 2.18. The Bertz CT molecular complexity index is 1090. The molecule has 172 valence electrons. The van der Waals surface area contributed by atoms with E-state index in [0.717, 1.165) is 21.9 Å². The second-order valence-electron chi connectivity index (χ2n) is 7.85. The van der Waals surface area contributed by atoms with E-state index in [-0.39, 0.29) is 24.5 Å². The van der Waals surface area contributed by atoms with E-state index in [9.17, 15) is 9.59 Å². The van der Waals surface area contributed by atoms with Crippen molar-refractivity contribution in [2.45, 2.75) is 26.2 Å². The van der Waals surface area contributed by atoms with Gasteiger partial charge in [-0.3, -0.25) is 14.6 Å². The van der Waals surface area contributed by atoms with Crippen LogP contribution in [0, 0.1) is 6.92 Å². The number of aryl methyl sites for hydroxylation is 1. The molecule has 1 atom stereocenters. The van der Waals surface area contributed by atoms with Gasteiger partial charge in [0, 0.05) is 37.4 Å². The zero-order valence-electron chi connectivity index (χ0n) is 18.6. The number of amides is 2. The topological polar surface area (TPSA) is 84.9 Å². The molecule has 1 aliphatic rings. The quantitative estimate of drug-likeness (QED) is 0.532. The minimum absolute atomic E-state index is 0.0156. The monoisotopic (exact) mass is 466 g/mol. The normalized spacial score (nSPS) is 16.5. The largest absolute Gasteiger partial charge is 0.497 e. The first-order valence-corrected chi connectivity index (χ1v) is 11.5. The van der Waals surface area contributed by atoms with Gasteiger partial charge in [-0.25, -0.2) is 4.98 Å². The molecule has 3 heterocycles. The van der Waals surface area contributed by atoms with E-state index in [1.807, 2.05) is 43.3 Å². The summed E-state index contributed by atoms with van der Waals surface area (Å²) in [5.41, 5.74) is 2.27. The van der Waals surface area contributed by atoms with Gasteiger partial charge in [0.2, 0.25) is 5.91 Å². The summed E-state index contributed by atoms with van der Waals surface area (Å²) < 4.78 is 11.4. The van der Waals surface area contributed by atoms with Crippen molar-refractivity contribution in [3.8, 4) is 5.75 Å². The molecule has 2 aromatic heterocycles. The number of carbonyl (C=O) groups excluding carboxylic acids is 2. The molecule has 1 aliphatic heterocycles. The van der Waals surface area contributed by atoms with Crippen LogP contribution < -0.4 is 4.74 Å². The molecule has 0 spiro atoms. The van der Waals surface area contributed by atoms with Crippen molar-refractivity contribution in [1.82, 2.24) is 19.8 Å². The van der Waals surface area contributed by atoms with Crippen LogP contribution in [-0.2, 0) is 22.7 Å². The molecule has 9 heteroatoms. The van der Waals surface area contributed by atoms with Crippen molar-refractivity contribution < 1.29 is 19.1 Å². The highest BCUT2D eigenvalue weighted by Gasteiger charge is 2.32.